The molecule has 0 aliphatic carbocycles. The van der Waals surface area contributed by atoms with Crippen LogP contribution in [0.5, 0.6) is 5.75 Å². The fourth-order valence-electron chi connectivity index (χ4n) is 0.883. The van der Waals surface area contributed by atoms with Crippen molar-refractivity contribution >= 4 is 6.21 Å². The molecule has 0 aromatic heterocycles. The number of hydrogen-bond acceptors (Lipinski definition) is 3. The fraction of sp³-hybridized carbons (Fsp3) is 0.222. The van der Waals surface area contributed by atoms with Crippen LogP contribution in [-0.4, -0.2) is 20.4 Å². The van der Waals surface area contributed by atoms with Crippen LogP contribution in [0.25, 0.3) is 0 Å². The number of rotatable bonds is 3. The summed E-state index contributed by atoms with van der Waals surface area (Å²) in [4.78, 5) is 4.56. The van der Waals surface area contributed by atoms with Gasteiger partial charge in [-0.05, 0) is 12.1 Å². The number of hydrogen-bond donors (Lipinski definition) is 0. The first kappa shape index (κ1) is 8.59. The van der Waals surface area contributed by atoms with Crippen molar-refractivity contribution in [3.63, 3.8) is 0 Å². The molecule has 0 unspecified atom stereocenters. The van der Waals surface area contributed by atoms with Crippen molar-refractivity contribution in [1.82, 2.24) is 0 Å². The minimum atomic E-state index is 0.790. The predicted octanol–water partition coefficient (Wildman–Crippen LogP) is 1.68. The zero-order valence-electron chi connectivity index (χ0n) is 7.15. The second-order valence-electron chi connectivity index (χ2n) is 2.16. The van der Waals surface area contributed by atoms with Crippen molar-refractivity contribution in [3.05, 3.63) is 29.8 Å². The molecule has 64 valence electrons. The van der Waals surface area contributed by atoms with Crippen LogP contribution in [0.3, 0.4) is 0 Å². The van der Waals surface area contributed by atoms with Crippen LogP contribution < -0.4 is 4.74 Å². The zero-order chi connectivity index (χ0) is 8.81. The number of benzene rings is 1. The molecule has 0 N–H and O–H groups in total. The van der Waals surface area contributed by atoms with Crippen LogP contribution in [-0.2, 0) is 4.84 Å². The minimum Gasteiger partial charge on any atom is -0.496 e. The first-order valence-electron chi connectivity index (χ1n) is 3.58. The molecule has 0 aliphatic rings. The second-order valence-corrected chi connectivity index (χ2v) is 2.16. The highest BCUT2D eigenvalue weighted by atomic mass is 16.6. The van der Waals surface area contributed by atoms with Crippen LogP contribution >= 0.6 is 0 Å². The van der Waals surface area contributed by atoms with E-state index in [0.717, 1.165) is 11.3 Å². The van der Waals surface area contributed by atoms with Crippen LogP contribution in [0, 0.1) is 0 Å². The maximum atomic E-state index is 5.10. The van der Waals surface area contributed by atoms with E-state index in [4.69, 9.17) is 4.74 Å². The summed E-state index contributed by atoms with van der Waals surface area (Å²) in [6.45, 7) is 0. The van der Waals surface area contributed by atoms with E-state index >= 15 is 0 Å². The smallest absolute Gasteiger partial charge is 0.127 e. The number of nitrogens with zero attached hydrogens (tertiary/aromatic N) is 1. The summed E-state index contributed by atoms with van der Waals surface area (Å²) in [5.74, 6) is 0.790. The summed E-state index contributed by atoms with van der Waals surface area (Å²) in [5, 5.41) is 3.65. The van der Waals surface area contributed by atoms with Crippen LogP contribution in [0.2, 0.25) is 0 Å². The van der Waals surface area contributed by atoms with Crippen molar-refractivity contribution in [2.45, 2.75) is 0 Å². The van der Waals surface area contributed by atoms with Crippen molar-refractivity contribution in [2.24, 2.45) is 5.16 Å². The molecule has 1 rings (SSSR count). The Bertz CT molecular complexity index is 271. The lowest BCUT2D eigenvalue weighted by atomic mass is 10.2. The summed E-state index contributed by atoms with van der Waals surface area (Å²) in [6, 6.07) is 7.60. The van der Waals surface area contributed by atoms with E-state index in [1.807, 2.05) is 24.3 Å². The quantitative estimate of drug-likeness (QED) is 0.504. The summed E-state index contributed by atoms with van der Waals surface area (Å²) in [7, 11) is 3.13. The van der Waals surface area contributed by atoms with Gasteiger partial charge in [-0.1, -0.05) is 17.3 Å². The van der Waals surface area contributed by atoms with Gasteiger partial charge in [-0.3, -0.25) is 0 Å². The molecule has 0 fully saturated rings. The Morgan fingerprint density at radius 3 is 2.67 bits per heavy atom. The Morgan fingerprint density at radius 1 is 1.25 bits per heavy atom. The van der Waals surface area contributed by atoms with E-state index in [-0.39, 0.29) is 0 Å². The Labute approximate surface area is 71.6 Å². The lowest BCUT2D eigenvalue weighted by Crippen LogP contribution is -1.89. The molecule has 3 nitrogen and oxygen atoms in total. The van der Waals surface area contributed by atoms with Crippen molar-refractivity contribution < 1.29 is 9.57 Å². The average molecular weight is 165 g/mol. The lowest BCUT2D eigenvalue weighted by molar-refractivity contribution is 0.215. The summed E-state index contributed by atoms with van der Waals surface area (Å²) in [6.07, 6.45) is 1.61. The average Bonchev–Trinajstić information content (AvgIpc) is 2.15. The van der Waals surface area contributed by atoms with Crippen LogP contribution in [0.15, 0.2) is 29.4 Å². The largest absolute Gasteiger partial charge is 0.496 e. The Hall–Kier alpha value is -1.51. The highest BCUT2D eigenvalue weighted by molar-refractivity contribution is 5.82. The minimum absolute atomic E-state index is 0.790. The number of oxime groups is 1. The monoisotopic (exact) mass is 165 g/mol. The molecule has 0 amide bonds. The first-order valence-corrected chi connectivity index (χ1v) is 3.58. The Morgan fingerprint density at radius 2 is 2.00 bits per heavy atom. The molecule has 3 heteroatoms. The SMILES string of the molecule is CO/N=C/c1ccccc1OC. The zero-order valence-corrected chi connectivity index (χ0v) is 7.15. The maximum absolute atomic E-state index is 5.10. The van der Waals surface area contributed by atoms with Crippen LogP contribution in [0.4, 0.5) is 0 Å². The highest BCUT2D eigenvalue weighted by Gasteiger charge is 1.96. The summed E-state index contributed by atoms with van der Waals surface area (Å²) in [5.41, 5.74) is 0.904. The highest BCUT2D eigenvalue weighted by Crippen LogP contribution is 2.14. The van der Waals surface area contributed by atoms with E-state index in [1.165, 1.54) is 7.11 Å². The third-order valence-electron chi connectivity index (χ3n) is 1.44. The van der Waals surface area contributed by atoms with Gasteiger partial charge in [-0.25, -0.2) is 0 Å². The van der Waals surface area contributed by atoms with Gasteiger partial charge < -0.3 is 9.57 Å². The summed E-state index contributed by atoms with van der Waals surface area (Å²) >= 11 is 0. The predicted molar refractivity (Wildman–Crippen MR) is 47.6 cm³/mol. The molecule has 0 saturated carbocycles. The number of para-hydroxylation sites is 1. The maximum Gasteiger partial charge on any atom is 0.127 e. The third kappa shape index (κ3) is 1.99. The van der Waals surface area contributed by atoms with Crippen molar-refractivity contribution in [2.75, 3.05) is 14.2 Å². The first-order chi connectivity index (χ1) is 5.88. The van der Waals surface area contributed by atoms with Gasteiger partial charge in [0, 0.05) is 5.56 Å². The molecule has 0 aliphatic heterocycles. The number of methoxy groups -OCH3 is 1. The van der Waals surface area contributed by atoms with Gasteiger partial charge in [0.15, 0.2) is 0 Å². The molecule has 0 atom stereocenters. The van der Waals surface area contributed by atoms with E-state index in [1.54, 1.807) is 13.3 Å². The van der Waals surface area contributed by atoms with Gasteiger partial charge in [-0.2, -0.15) is 0 Å². The molecule has 0 spiro atoms. The molecule has 1 aromatic rings. The number of ether oxygens (including phenoxy) is 1. The van der Waals surface area contributed by atoms with Crippen molar-refractivity contribution in [1.29, 1.82) is 0 Å². The Kier molecular flexibility index (Phi) is 3.14. The van der Waals surface area contributed by atoms with Gasteiger partial charge in [0.2, 0.25) is 0 Å². The molecule has 1 aromatic carbocycles. The standard InChI is InChI=1S/C9H11NO2/c1-11-9-6-4-3-5-8(9)7-10-12-2/h3-7H,1-2H3/b10-7+. The molecular weight excluding hydrogens is 154 g/mol. The van der Waals surface area contributed by atoms with Crippen molar-refractivity contribution in [3.8, 4) is 5.75 Å². The van der Waals surface area contributed by atoms with Gasteiger partial charge in [-0.15, -0.1) is 0 Å². The summed E-state index contributed by atoms with van der Waals surface area (Å²) < 4.78 is 5.10. The lowest BCUT2D eigenvalue weighted by Gasteiger charge is -2.01. The molecule has 0 saturated heterocycles. The molecule has 0 heterocycles. The van der Waals surface area contributed by atoms with E-state index in [2.05, 4.69) is 9.99 Å². The van der Waals surface area contributed by atoms with Gasteiger partial charge in [0.1, 0.15) is 12.9 Å². The van der Waals surface area contributed by atoms with Gasteiger partial charge >= 0.3 is 0 Å². The van der Waals surface area contributed by atoms with E-state index < -0.39 is 0 Å². The fourth-order valence-corrected chi connectivity index (χ4v) is 0.883. The Balaban J connectivity index is 2.89. The topological polar surface area (TPSA) is 30.8 Å². The van der Waals surface area contributed by atoms with E-state index in [9.17, 15) is 0 Å². The molecule has 0 bridgehead atoms. The normalized spacial score (nSPS) is 10.2. The van der Waals surface area contributed by atoms with Crippen LogP contribution in [0.1, 0.15) is 5.56 Å². The molecule has 12 heavy (non-hydrogen) atoms. The third-order valence-corrected chi connectivity index (χ3v) is 1.44. The van der Waals surface area contributed by atoms with E-state index in [0.29, 0.717) is 0 Å². The van der Waals surface area contributed by atoms with Gasteiger partial charge in [0.05, 0.1) is 13.3 Å². The molecule has 0 radical (unpaired) electrons. The van der Waals surface area contributed by atoms with Gasteiger partial charge in [0.25, 0.3) is 0 Å². The molecular formula is C9H11NO2. The second kappa shape index (κ2) is 4.38.